The number of aromatic nitrogens is 1. The van der Waals surface area contributed by atoms with Gasteiger partial charge in [0.25, 0.3) is 5.91 Å². The molecule has 160 valence electrons. The van der Waals surface area contributed by atoms with Gasteiger partial charge in [-0.15, -0.1) is 0 Å². The number of methoxy groups -OCH3 is 1. The number of pyridine rings is 1. The number of aryl methyl sites for hydroxylation is 1. The van der Waals surface area contributed by atoms with E-state index in [4.69, 9.17) is 9.47 Å². The monoisotopic (exact) mass is 418 g/mol. The van der Waals surface area contributed by atoms with Crippen LogP contribution in [0.2, 0.25) is 0 Å². The summed E-state index contributed by atoms with van der Waals surface area (Å²) in [4.78, 5) is 18.2. The minimum Gasteiger partial charge on any atom is -0.505 e. The molecule has 6 heteroatoms. The number of likely N-dealkylation sites (tertiary alicyclic amines) is 1. The van der Waals surface area contributed by atoms with Crippen LogP contribution in [0.15, 0.2) is 60.8 Å². The number of rotatable bonds is 7. The molecule has 6 nitrogen and oxygen atoms in total. The van der Waals surface area contributed by atoms with E-state index < -0.39 is 0 Å². The van der Waals surface area contributed by atoms with Gasteiger partial charge in [-0.1, -0.05) is 37.3 Å². The zero-order valence-corrected chi connectivity index (χ0v) is 17.7. The molecule has 1 aromatic heterocycles. The molecule has 1 aliphatic heterocycles. The average molecular weight is 418 g/mol. The molecular formula is C25H26N2O4. The minimum absolute atomic E-state index is 0.0919. The van der Waals surface area contributed by atoms with Crippen LogP contribution in [-0.4, -0.2) is 41.1 Å². The second-order valence-corrected chi connectivity index (χ2v) is 7.65. The topological polar surface area (TPSA) is 71.9 Å². The minimum atomic E-state index is -0.254. The van der Waals surface area contributed by atoms with Crippen molar-refractivity contribution in [2.45, 2.75) is 25.9 Å². The molecule has 0 saturated carbocycles. The summed E-state index contributed by atoms with van der Waals surface area (Å²) in [7, 11) is 1.63. The Morgan fingerprint density at radius 3 is 2.52 bits per heavy atom. The highest BCUT2D eigenvalue weighted by Gasteiger charge is 2.34. The highest BCUT2D eigenvalue weighted by atomic mass is 16.5. The Balaban J connectivity index is 1.38. The van der Waals surface area contributed by atoms with E-state index in [0.717, 1.165) is 17.5 Å². The highest BCUT2D eigenvalue weighted by molar-refractivity contribution is 5.95. The van der Waals surface area contributed by atoms with Gasteiger partial charge in [-0.25, -0.2) is 4.98 Å². The van der Waals surface area contributed by atoms with Crippen molar-refractivity contribution < 1.29 is 19.4 Å². The molecule has 31 heavy (non-hydrogen) atoms. The van der Waals surface area contributed by atoms with Crippen molar-refractivity contribution in [2.75, 3.05) is 20.2 Å². The molecule has 0 unspecified atom stereocenters. The largest absolute Gasteiger partial charge is 0.505 e. The number of carbonyl (C=O) groups is 1. The molecule has 2 aromatic carbocycles. The van der Waals surface area contributed by atoms with E-state index in [1.165, 1.54) is 17.8 Å². The Morgan fingerprint density at radius 1 is 1.10 bits per heavy atom. The number of ether oxygens (including phenoxy) is 2. The van der Waals surface area contributed by atoms with Gasteiger partial charge in [0.15, 0.2) is 17.2 Å². The highest BCUT2D eigenvalue weighted by Crippen LogP contribution is 2.35. The normalized spacial score (nSPS) is 13.5. The number of amides is 1. The van der Waals surface area contributed by atoms with Crippen LogP contribution in [0.1, 0.15) is 40.0 Å². The average Bonchev–Trinajstić information content (AvgIpc) is 2.77. The third-order valence-corrected chi connectivity index (χ3v) is 5.64. The molecule has 0 bridgehead atoms. The van der Waals surface area contributed by atoms with Gasteiger partial charge >= 0.3 is 0 Å². The predicted octanol–water partition coefficient (Wildman–Crippen LogP) is 4.18. The maximum absolute atomic E-state index is 12.5. The maximum Gasteiger partial charge on any atom is 0.276 e. The number of nitrogens with zero attached hydrogens (tertiary/aromatic N) is 2. The van der Waals surface area contributed by atoms with Crippen molar-refractivity contribution in [1.29, 1.82) is 0 Å². The zero-order valence-electron chi connectivity index (χ0n) is 17.7. The Hall–Kier alpha value is -3.54. The lowest BCUT2D eigenvalue weighted by Gasteiger charge is -2.39. The first-order valence-electron chi connectivity index (χ1n) is 10.4. The lowest BCUT2D eigenvalue weighted by molar-refractivity contribution is 0.0592. The summed E-state index contributed by atoms with van der Waals surface area (Å²) in [6, 6.07) is 17.4. The number of benzene rings is 2. The van der Waals surface area contributed by atoms with Crippen LogP contribution >= 0.6 is 0 Å². The molecule has 0 aliphatic carbocycles. The molecule has 0 radical (unpaired) electrons. The molecule has 1 fully saturated rings. The summed E-state index contributed by atoms with van der Waals surface area (Å²) in [6.45, 7) is 3.75. The van der Waals surface area contributed by atoms with E-state index in [1.807, 2.05) is 18.2 Å². The first-order chi connectivity index (χ1) is 15.1. The van der Waals surface area contributed by atoms with Crippen LogP contribution < -0.4 is 9.47 Å². The van der Waals surface area contributed by atoms with E-state index in [2.05, 4.69) is 36.2 Å². The molecule has 4 rings (SSSR count). The summed E-state index contributed by atoms with van der Waals surface area (Å²) in [5, 5.41) is 9.85. The van der Waals surface area contributed by atoms with E-state index in [-0.39, 0.29) is 23.3 Å². The first kappa shape index (κ1) is 20.7. The number of hydrogen-bond donors (Lipinski definition) is 1. The van der Waals surface area contributed by atoms with Gasteiger partial charge in [-0.2, -0.15) is 0 Å². The SMILES string of the molecule is CCc1ccc(COc2ccc(C3CN(C(=O)c4ncccc4O)C3)cc2OC)cc1. The van der Waals surface area contributed by atoms with Crippen LogP contribution in [0.4, 0.5) is 0 Å². The molecule has 0 atom stereocenters. The second-order valence-electron chi connectivity index (χ2n) is 7.65. The van der Waals surface area contributed by atoms with Crippen LogP contribution in [0.3, 0.4) is 0 Å². The van der Waals surface area contributed by atoms with E-state index >= 15 is 0 Å². The van der Waals surface area contributed by atoms with Gasteiger partial charge in [0.05, 0.1) is 7.11 Å². The summed E-state index contributed by atoms with van der Waals surface area (Å²) in [5.41, 5.74) is 3.59. The third kappa shape index (κ3) is 4.48. The third-order valence-electron chi connectivity index (χ3n) is 5.64. The lowest BCUT2D eigenvalue weighted by Crippen LogP contribution is -2.48. The van der Waals surface area contributed by atoms with Gasteiger partial charge in [0.2, 0.25) is 0 Å². The van der Waals surface area contributed by atoms with Crippen LogP contribution in [0.5, 0.6) is 17.2 Å². The van der Waals surface area contributed by atoms with Crippen molar-refractivity contribution in [3.63, 3.8) is 0 Å². The van der Waals surface area contributed by atoms with Gasteiger partial charge in [-0.3, -0.25) is 4.79 Å². The van der Waals surface area contributed by atoms with Crippen LogP contribution in [0.25, 0.3) is 0 Å². The predicted molar refractivity (Wildman–Crippen MR) is 118 cm³/mol. The van der Waals surface area contributed by atoms with Crippen molar-refractivity contribution in [3.8, 4) is 17.2 Å². The summed E-state index contributed by atoms with van der Waals surface area (Å²) in [6.07, 6.45) is 2.52. The quantitative estimate of drug-likeness (QED) is 0.623. The number of hydrogen-bond acceptors (Lipinski definition) is 5. The standard InChI is InChI=1S/C25H26N2O4/c1-3-17-6-8-18(9-7-17)16-31-22-11-10-19(13-23(22)30-2)20-14-27(15-20)25(29)24-21(28)5-4-12-26-24/h4-13,20,28H,3,14-16H2,1-2H3. The van der Waals surface area contributed by atoms with Gasteiger partial charge in [-0.05, 0) is 47.4 Å². The fraction of sp³-hybridized carbons (Fsp3) is 0.280. The zero-order chi connectivity index (χ0) is 21.8. The van der Waals surface area contributed by atoms with Crippen LogP contribution in [-0.2, 0) is 13.0 Å². The number of carbonyl (C=O) groups excluding carboxylic acids is 1. The Morgan fingerprint density at radius 2 is 1.84 bits per heavy atom. The molecule has 2 heterocycles. The molecule has 3 aromatic rings. The Bertz CT molecular complexity index is 1060. The van der Waals surface area contributed by atoms with Gasteiger partial charge in [0.1, 0.15) is 12.4 Å². The molecule has 1 aliphatic rings. The molecule has 1 N–H and O–H groups in total. The van der Waals surface area contributed by atoms with E-state index in [1.54, 1.807) is 18.1 Å². The fourth-order valence-electron chi connectivity index (χ4n) is 3.66. The van der Waals surface area contributed by atoms with E-state index in [0.29, 0.717) is 31.2 Å². The van der Waals surface area contributed by atoms with Crippen molar-refractivity contribution in [1.82, 2.24) is 9.88 Å². The molecule has 1 amide bonds. The summed E-state index contributed by atoms with van der Waals surface area (Å²) < 4.78 is 11.5. The second kappa shape index (κ2) is 9.08. The fourth-order valence-corrected chi connectivity index (χ4v) is 3.66. The van der Waals surface area contributed by atoms with Gasteiger partial charge in [0, 0.05) is 25.2 Å². The maximum atomic E-state index is 12.5. The van der Waals surface area contributed by atoms with Crippen molar-refractivity contribution in [2.24, 2.45) is 0 Å². The van der Waals surface area contributed by atoms with Crippen molar-refractivity contribution >= 4 is 5.91 Å². The van der Waals surface area contributed by atoms with E-state index in [9.17, 15) is 9.90 Å². The molecule has 0 spiro atoms. The first-order valence-corrected chi connectivity index (χ1v) is 10.4. The Kier molecular flexibility index (Phi) is 6.07. The summed E-state index contributed by atoms with van der Waals surface area (Å²) >= 11 is 0. The van der Waals surface area contributed by atoms with Crippen LogP contribution in [0, 0.1) is 0 Å². The number of aromatic hydroxyl groups is 1. The van der Waals surface area contributed by atoms with Crippen molar-refractivity contribution in [3.05, 3.63) is 83.2 Å². The molecular weight excluding hydrogens is 392 g/mol. The van der Waals surface area contributed by atoms with Gasteiger partial charge < -0.3 is 19.5 Å². The lowest BCUT2D eigenvalue weighted by atomic mass is 9.91. The molecule has 1 saturated heterocycles. The Labute approximate surface area is 182 Å². The smallest absolute Gasteiger partial charge is 0.276 e. The summed E-state index contributed by atoms with van der Waals surface area (Å²) in [5.74, 6) is 1.23.